The van der Waals surface area contributed by atoms with E-state index < -0.39 is 11.4 Å². The molecule has 1 amide bonds. The van der Waals surface area contributed by atoms with Gasteiger partial charge in [-0.1, -0.05) is 36.8 Å². The van der Waals surface area contributed by atoms with Crippen molar-refractivity contribution in [1.29, 1.82) is 0 Å². The van der Waals surface area contributed by atoms with Gasteiger partial charge in [-0.2, -0.15) is 0 Å². The number of rotatable bonds is 3. The van der Waals surface area contributed by atoms with Crippen LogP contribution in [0, 0.1) is 18.3 Å². The molecular formula is C19H20N2O3S. The molecule has 25 heavy (non-hydrogen) atoms. The molecule has 2 atom stereocenters. The Hall–Kier alpha value is -2.21. The van der Waals surface area contributed by atoms with Crippen molar-refractivity contribution in [2.75, 3.05) is 13.1 Å². The van der Waals surface area contributed by atoms with Crippen molar-refractivity contribution < 1.29 is 14.7 Å². The van der Waals surface area contributed by atoms with Gasteiger partial charge in [0.2, 0.25) is 0 Å². The SMILES string of the molecule is Cc1nc(-c2ccccc2)sc1C(=O)N1C[C@@H]2CCC[C@@]2(C(=O)O)C1. The molecule has 6 heteroatoms. The van der Waals surface area contributed by atoms with Gasteiger partial charge in [-0.3, -0.25) is 9.59 Å². The Morgan fingerprint density at radius 2 is 2.08 bits per heavy atom. The number of hydrogen-bond donors (Lipinski definition) is 1. The van der Waals surface area contributed by atoms with Gasteiger partial charge >= 0.3 is 5.97 Å². The minimum atomic E-state index is -0.753. The van der Waals surface area contributed by atoms with Crippen molar-refractivity contribution in [3.8, 4) is 10.6 Å². The van der Waals surface area contributed by atoms with E-state index in [9.17, 15) is 14.7 Å². The first-order valence-electron chi connectivity index (χ1n) is 8.57. The number of nitrogens with zero attached hydrogens (tertiary/aromatic N) is 2. The topological polar surface area (TPSA) is 70.5 Å². The quantitative estimate of drug-likeness (QED) is 0.914. The third-order valence-electron chi connectivity index (χ3n) is 5.60. The van der Waals surface area contributed by atoms with Crippen LogP contribution in [0.4, 0.5) is 0 Å². The van der Waals surface area contributed by atoms with Crippen molar-refractivity contribution in [3.63, 3.8) is 0 Å². The fourth-order valence-electron chi connectivity index (χ4n) is 4.24. The number of thiazole rings is 1. The molecule has 1 saturated carbocycles. The molecule has 2 aliphatic rings. The van der Waals surface area contributed by atoms with E-state index in [1.807, 2.05) is 37.3 Å². The lowest BCUT2D eigenvalue weighted by Gasteiger charge is -2.23. The number of hydrogen-bond acceptors (Lipinski definition) is 4. The van der Waals surface area contributed by atoms with Crippen LogP contribution in [0.15, 0.2) is 30.3 Å². The van der Waals surface area contributed by atoms with Crippen molar-refractivity contribution in [1.82, 2.24) is 9.88 Å². The van der Waals surface area contributed by atoms with E-state index >= 15 is 0 Å². The molecule has 130 valence electrons. The lowest BCUT2D eigenvalue weighted by Crippen LogP contribution is -2.37. The Morgan fingerprint density at radius 3 is 2.76 bits per heavy atom. The van der Waals surface area contributed by atoms with Gasteiger partial charge in [0.25, 0.3) is 5.91 Å². The minimum Gasteiger partial charge on any atom is -0.481 e. The Balaban J connectivity index is 1.60. The van der Waals surface area contributed by atoms with Crippen LogP contribution in [0.1, 0.15) is 34.6 Å². The number of benzene rings is 1. The first-order chi connectivity index (χ1) is 12.0. The van der Waals surface area contributed by atoms with E-state index in [4.69, 9.17) is 0 Å². The molecule has 2 heterocycles. The van der Waals surface area contributed by atoms with Gasteiger partial charge in [0.1, 0.15) is 9.88 Å². The van der Waals surface area contributed by atoms with Gasteiger partial charge in [0.05, 0.1) is 11.1 Å². The number of fused-ring (bicyclic) bond motifs is 1. The lowest BCUT2D eigenvalue weighted by atomic mass is 9.81. The maximum absolute atomic E-state index is 13.0. The second-order valence-corrected chi connectivity index (χ2v) is 8.03. The standard InChI is InChI=1S/C19H20N2O3S/c1-12-15(25-16(20-12)13-6-3-2-4-7-13)17(22)21-10-14-8-5-9-19(14,11-21)18(23)24/h2-4,6-7,14H,5,8-11H2,1H3,(H,23,24)/t14-,19+/m0/s1. The summed E-state index contributed by atoms with van der Waals surface area (Å²) in [4.78, 5) is 31.7. The van der Waals surface area contributed by atoms with Crippen LogP contribution in [0.2, 0.25) is 0 Å². The fraction of sp³-hybridized carbons (Fsp3) is 0.421. The van der Waals surface area contributed by atoms with Crippen LogP contribution in [0.3, 0.4) is 0 Å². The number of amides is 1. The highest BCUT2D eigenvalue weighted by Crippen LogP contribution is 2.49. The average Bonchev–Trinajstić information content (AvgIpc) is 3.27. The number of aliphatic carboxylic acids is 1. The van der Waals surface area contributed by atoms with Crippen LogP contribution >= 0.6 is 11.3 Å². The number of carboxylic acids is 1. The number of carbonyl (C=O) groups is 2. The predicted octanol–water partition coefficient (Wildman–Crippen LogP) is 3.45. The molecule has 4 rings (SSSR count). The van der Waals surface area contributed by atoms with E-state index in [1.54, 1.807) is 4.90 Å². The summed E-state index contributed by atoms with van der Waals surface area (Å²) in [5.41, 5.74) is 0.974. The zero-order valence-electron chi connectivity index (χ0n) is 14.1. The number of carboxylic acid groups (broad SMARTS) is 1. The molecule has 2 aromatic rings. The van der Waals surface area contributed by atoms with E-state index in [0.717, 1.165) is 29.1 Å². The molecule has 1 aliphatic heterocycles. The average molecular weight is 356 g/mol. The summed E-state index contributed by atoms with van der Waals surface area (Å²) in [5, 5.41) is 10.5. The monoisotopic (exact) mass is 356 g/mol. The summed E-state index contributed by atoms with van der Waals surface area (Å²) in [6, 6.07) is 9.81. The third-order valence-corrected chi connectivity index (χ3v) is 6.79. The van der Waals surface area contributed by atoms with Crippen molar-refractivity contribution in [2.24, 2.45) is 11.3 Å². The number of aromatic nitrogens is 1. The largest absolute Gasteiger partial charge is 0.481 e. The van der Waals surface area contributed by atoms with E-state index in [-0.39, 0.29) is 11.8 Å². The zero-order chi connectivity index (χ0) is 17.6. The van der Waals surface area contributed by atoms with Gasteiger partial charge in [0, 0.05) is 18.7 Å². The molecule has 0 spiro atoms. The third kappa shape index (κ3) is 2.56. The minimum absolute atomic E-state index is 0.0767. The highest BCUT2D eigenvalue weighted by atomic mass is 32.1. The molecule has 5 nitrogen and oxygen atoms in total. The fourth-order valence-corrected chi connectivity index (χ4v) is 5.28. The molecule has 1 N–H and O–H groups in total. The van der Waals surface area contributed by atoms with E-state index in [2.05, 4.69) is 4.98 Å². The Labute approximate surface area is 150 Å². The zero-order valence-corrected chi connectivity index (χ0v) is 14.9. The van der Waals surface area contributed by atoms with E-state index in [1.165, 1.54) is 11.3 Å². The molecule has 0 bridgehead atoms. The maximum atomic E-state index is 13.0. The van der Waals surface area contributed by atoms with Gasteiger partial charge in [-0.25, -0.2) is 4.98 Å². The smallest absolute Gasteiger partial charge is 0.311 e. The first kappa shape index (κ1) is 16.3. The summed E-state index contributed by atoms with van der Waals surface area (Å²) >= 11 is 1.39. The highest BCUT2D eigenvalue weighted by Gasteiger charge is 2.56. The molecule has 1 aromatic heterocycles. The predicted molar refractivity (Wildman–Crippen MR) is 95.6 cm³/mol. The molecule has 1 aliphatic carbocycles. The first-order valence-corrected chi connectivity index (χ1v) is 9.38. The van der Waals surface area contributed by atoms with Crippen LogP contribution < -0.4 is 0 Å². The van der Waals surface area contributed by atoms with Gasteiger partial charge < -0.3 is 10.0 Å². The Morgan fingerprint density at radius 1 is 1.32 bits per heavy atom. The normalized spacial score (nSPS) is 25.2. The second kappa shape index (κ2) is 5.95. The Bertz CT molecular complexity index is 832. The lowest BCUT2D eigenvalue weighted by molar-refractivity contribution is -0.149. The summed E-state index contributed by atoms with van der Waals surface area (Å²) in [6.45, 7) is 2.72. The summed E-state index contributed by atoms with van der Waals surface area (Å²) in [7, 11) is 0. The molecule has 1 aromatic carbocycles. The highest BCUT2D eigenvalue weighted by molar-refractivity contribution is 7.17. The van der Waals surface area contributed by atoms with Crippen LogP contribution in [0.5, 0.6) is 0 Å². The molecule has 0 unspecified atom stereocenters. The van der Waals surface area contributed by atoms with E-state index in [0.29, 0.717) is 24.4 Å². The van der Waals surface area contributed by atoms with Crippen LogP contribution in [0.25, 0.3) is 10.6 Å². The number of carbonyl (C=O) groups excluding carboxylic acids is 1. The van der Waals surface area contributed by atoms with Crippen LogP contribution in [-0.4, -0.2) is 40.0 Å². The van der Waals surface area contributed by atoms with Gasteiger partial charge in [-0.15, -0.1) is 11.3 Å². The van der Waals surface area contributed by atoms with Crippen molar-refractivity contribution in [3.05, 3.63) is 40.9 Å². The Kier molecular flexibility index (Phi) is 3.87. The van der Waals surface area contributed by atoms with Crippen molar-refractivity contribution >= 4 is 23.2 Å². The molecular weight excluding hydrogens is 336 g/mol. The summed E-state index contributed by atoms with van der Waals surface area (Å²) < 4.78 is 0. The van der Waals surface area contributed by atoms with Gasteiger partial charge in [0.15, 0.2) is 0 Å². The maximum Gasteiger partial charge on any atom is 0.311 e. The molecule has 0 radical (unpaired) electrons. The number of likely N-dealkylation sites (tertiary alicyclic amines) is 1. The second-order valence-electron chi connectivity index (χ2n) is 7.04. The van der Waals surface area contributed by atoms with Crippen LogP contribution in [-0.2, 0) is 4.79 Å². The summed E-state index contributed by atoms with van der Waals surface area (Å²) in [6.07, 6.45) is 2.51. The summed E-state index contributed by atoms with van der Waals surface area (Å²) in [5.74, 6) is -0.751. The molecule has 2 fully saturated rings. The van der Waals surface area contributed by atoms with Gasteiger partial charge in [-0.05, 0) is 25.7 Å². The number of aryl methyl sites for hydroxylation is 1. The van der Waals surface area contributed by atoms with Crippen molar-refractivity contribution in [2.45, 2.75) is 26.2 Å². The molecule has 1 saturated heterocycles.